The lowest BCUT2D eigenvalue weighted by Crippen LogP contribution is -2.19. The van der Waals surface area contributed by atoms with Gasteiger partial charge in [-0.2, -0.15) is 0 Å². The van der Waals surface area contributed by atoms with Crippen molar-refractivity contribution in [1.82, 2.24) is 10.2 Å². The molecule has 3 nitrogen and oxygen atoms in total. The average Bonchev–Trinajstić information content (AvgIpc) is 2.28. The van der Waals surface area contributed by atoms with Gasteiger partial charge in [0, 0.05) is 12.6 Å². The molecule has 1 N–H and O–H groups in total. The first-order valence-electron chi connectivity index (χ1n) is 5.68. The van der Waals surface area contributed by atoms with Crippen LogP contribution in [-0.2, 0) is 0 Å². The van der Waals surface area contributed by atoms with Crippen molar-refractivity contribution in [1.29, 1.82) is 0 Å². The fraction of sp³-hybridized carbons (Fsp3) is 0.538. The van der Waals surface area contributed by atoms with E-state index in [2.05, 4.69) is 29.3 Å². The Bertz CT molecular complexity index is 313. The first kappa shape index (κ1) is 13.0. The molecule has 1 unspecified atom stereocenters. The molecule has 0 saturated heterocycles. The zero-order valence-corrected chi connectivity index (χ0v) is 10.7. The summed E-state index contributed by atoms with van der Waals surface area (Å²) in [4.78, 5) is 2.11. The van der Waals surface area contributed by atoms with E-state index < -0.39 is 0 Å². The lowest BCUT2D eigenvalue weighted by Gasteiger charge is -2.14. The molecule has 1 aromatic carbocycles. The van der Waals surface area contributed by atoms with Gasteiger partial charge in [0.1, 0.15) is 12.4 Å². The van der Waals surface area contributed by atoms with Crippen molar-refractivity contribution in [3.05, 3.63) is 29.8 Å². The third kappa shape index (κ3) is 4.21. The molecular weight excluding hydrogens is 200 g/mol. The number of ether oxygens (including phenoxy) is 1. The molecule has 3 heteroatoms. The number of nitrogens with one attached hydrogen (secondary N) is 1. The van der Waals surface area contributed by atoms with Crippen LogP contribution in [0.15, 0.2) is 24.3 Å². The van der Waals surface area contributed by atoms with Crippen molar-refractivity contribution in [2.75, 3.05) is 34.3 Å². The van der Waals surface area contributed by atoms with E-state index in [1.165, 1.54) is 5.56 Å². The molecule has 0 spiro atoms. The van der Waals surface area contributed by atoms with Crippen LogP contribution in [0.4, 0.5) is 0 Å². The van der Waals surface area contributed by atoms with Crippen LogP contribution >= 0.6 is 0 Å². The third-order valence-electron chi connectivity index (χ3n) is 2.60. The Kier molecular flexibility index (Phi) is 5.29. The molecule has 0 aromatic heterocycles. The number of hydrogen-bond donors (Lipinski definition) is 1. The van der Waals surface area contributed by atoms with Gasteiger partial charge in [-0.05, 0) is 45.8 Å². The van der Waals surface area contributed by atoms with E-state index in [1.807, 2.05) is 33.3 Å². The molecule has 1 atom stereocenters. The summed E-state index contributed by atoms with van der Waals surface area (Å²) in [6.07, 6.45) is 0. The Balaban J connectivity index is 2.54. The molecule has 16 heavy (non-hydrogen) atoms. The number of hydrogen-bond acceptors (Lipinski definition) is 3. The van der Waals surface area contributed by atoms with Gasteiger partial charge in [0.25, 0.3) is 0 Å². The number of likely N-dealkylation sites (N-methyl/N-ethyl adjacent to an activating group) is 1. The van der Waals surface area contributed by atoms with Crippen LogP contribution < -0.4 is 10.1 Å². The van der Waals surface area contributed by atoms with E-state index in [4.69, 9.17) is 4.74 Å². The van der Waals surface area contributed by atoms with Gasteiger partial charge in [-0.15, -0.1) is 0 Å². The molecular formula is C13H22N2O. The molecule has 0 heterocycles. The van der Waals surface area contributed by atoms with E-state index >= 15 is 0 Å². The smallest absolute Gasteiger partial charge is 0.119 e. The highest BCUT2D eigenvalue weighted by atomic mass is 16.5. The highest BCUT2D eigenvalue weighted by molar-refractivity contribution is 5.30. The topological polar surface area (TPSA) is 24.5 Å². The molecule has 0 bridgehead atoms. The van der Waals surface area contributed by atoms with Gasteiger partial charge < -0.3 is 15.0 Å². The predicted octanol–water partition coefficient (Wildman–Crippen LogP) is 1.91. The minimum absolute atomic E-state index is 0.359. The molecule has 0 aliphatic heterocycles. The fourth-order valence-corrected chi connectivity index (χ4v) is 1.39. The summed E-state index contributed by atoms with van der Waals surface area (Å²) < 4.78 is 5.68. The lowest BCUT2D eigenvalue weighted by atomic mass is 10.1. The predicted molar refractivity (Wildman–Crippen MR) is 68.0 cm³/mol. The molecule has 0 aliphatic rings. The van der Waals surface area contributed by atoms with Crippen molar-refractivity contribution in [2.45, 2.75) is 13.0 Å². The van der Waals surface area contributed by atoms with Crippen LogP contribution in [0.1, 0.15) is 18.5 Å². The summed E-state index contributed by atoms with van der Waals surface area (Å²) in [5.41, 5.74) is 1.25. The zero-order chi connectivity index (χ0) is 12.0. The number of rotatable bonds is 6. The Hall–Kier alpha value is -1.06. The molecule has 0 aliphatic carbocycles. The van der Waals surface area contributed by atoms with E-state index in [1.54, 1.807) is 0 Å². The molecule has 1 aromatic rings. The normalized spacial score (nSPS) is 12.8. The molecule has 1 rings (SSSR count). The molecule has 0 radical (unpaired) electrons. The zero-order valence-electron chi connectivity index (χ0n) is 10.7. The van der Waals surface area contributed by atoms with E-state index in [0.29, 0.717) is 6.04 Å². The van der Waals surface area contributed by atoms with Crippen molar-refractivity contribution in [3.63, 3.8) is 0 Å². The van der Waals surface area contributed by atoms with Crippen LogP contribution in [0.3, 0.4) is 0 Å². The van der Waals surface area contributed by atoms with Gasteiger partial charge in [-0.25, -0.2) is 0 Å². The summed E-state index contributed by atoms with van der Waals surface area (Å²) in [5.74, 6) is 0.946. The van der Waals surface area contributed by atoms with Crippen LogP contribution in [-0.4, -0.2) is 39.2 Å². The highest BCUT2D eigenvalue weighted by Gasteiger charge is 2.03. The maximum atomic E-state index is 5.68. The van der Waals surface area contributed by atoms with E-state index in [-0.39, 0.29) is 0 Å². The van der Waals surface area contributed by atoms with Crippen molar-refractivity contribution < 1.29 is 4.74 Å². The second-order valence-corrected chi connectivity index (χ2v) is 4.23. The summed E-state index contributed by atoms with van der Waals surface area (Å²) >= 11 is 0. The van der Waals surface area contributed by atoms with Crippen molar-refractivity contribution >= 4 is 0 Å². The minimum Gasteiger partial charge on any atom is -0.492 e. The maximum Gasteiger partial charge on any atom is 0.119 e. The third-order valence-corrected chi connectivity index (χ3v) is 2.60. The Morgan fingerprint density at radius 1 is 1.38 bits per heavy atom. The fourth-order valence-electron chi connectivity index (χ4n) is 1.39. The van der Waals surface area contributed by atoms with Gasteiger partial charge in [0.2, 0.25) is 0 Å². The van der Waals surface area contributed by atoms with Gasteiger partial charge >= 0.3 is 0 Å². The Morgan fingerprint density at radius 2 is 2.12 bits per heavy atom. The van der Waals surface area contributed by atoms with Crippen molar-refractivity contribution in [3.8, 4) is 5.75 Å². The van der Waals surface area contributed by atoms with E-state index in [0.717, 1.165) is 18.9 Å². The van der Waals surface area contributed by atoms with E-state index in [9.17, 15) is 0 Å². The summed E-state index contributed by atoms with van der Waals surface area (Å²) in [7, 11) is 6.05. The maximum absolute atomic E-state index is 5.68. The Labute approximate surface area is 98.4 Å². The highest BCUT2D eigenvalue weighted by Crippen LogP contribution is 2.18. The SMILES string of the molecule is CNC(C)c1cccc(OCCN(C)C)c1. The van der Waals surface area contributed by atoms with Crippen LogP contribution in [0.2, 0.25) is 0 Å². The van der Waals surface area contributed by atoms with Gasteiger partial charge in [0.15, 0.2) is 0 Å². The molecule has 90 valence electrons. The number of nitrogens with zero attached hydrogens (tertiary/aromatic N) is 1. The van der Waals surface area contributed by atoms with Crippen LogP contribution in [0, 0.1) is 0 Å². The summed E-state index contributed by atoms with van der Waals surface area (Å²) in [5, 5.41) is 3.22. The molecule has 0 amide bonds. The second-order valence-electron chi connectivity index (χ2n) is 4.23. The Morgan fingerprint density at radius 3 is 2.75 bits per heavy atom. The van der Waals surface area contributed by atoms with Crippen molar-refractivity contribution in [2.24, 2.45) is 0 Å². The minimum atomic E-state index is 0.359. The molecule has 0 saturated carbocycles. The van der Waals surface area contributed by atoms with Gasteiger partial charge in [0.05, 0.1) is 0 Å². The monoisotopic (exact) mass is 222 g/mol. The first-order valence-corrected chi connectivity index (χ1v) is 5.68. The summed E-state index contributed by atoms with van der Waals surface area (Å²) in [6, 6.07) is 8.60. The summed E-state index contributed by atoms with van der Waals surface area (Å²) in [6.45, 7) is 3.80. The average molecular weight is 222 g/mol. The quantitative estimate of drug-likeness (QED) is 0.795. The number of benzene rings is 1. The first-order chi connectivity index (χ1) is 7.63. The van der Waals surface area contributed by atoms with Crippen LogP contribution in [0.5, 0.6) is 5.75 Å². The second kappa shape index (κ2) is 6.51. The largest absolute Gasteiger partial charge is 0.492 e. The van der Waals surface area contributed by atoms with Gasteiger partial charge in [-0.1, -0.05) is 12.1 Å². The standard InChI is InChI=1S/C13H22N2O/c1-11(14-2)12-6-5-7-13(10-12)16-9-8-15(3)4/h5-7,10-11,14H,8-9H2,1-4H3. The lowest BCUT2D eigenvalue weighted by molar-refractivity contribution is 0.261. The van der Waals surface area contributed by atoms with Crippen LogP contribution in [0.25, 0.3) is 0 Å². The molecule has 0 fully saturated rings. The van der Waals surface area contributed by atoms with Gasteiger partial charge in [-0.3, -0.25) is 0 Å².